The number of amides is 1. The molecule has 4 nitrogen and oxygen atoms in total. The van der Waals surface area contributed by atoms with Gasteiger partial charge in [-0.3, -0.25) is 4.79 Å². The number of allylic oxidation sites excluding steroid dienone is 3. The molecule has 2 rings (SSSR count). The van der Waals surface area contributed by atoms with Gasteiger partial charge in [0.2, 0.25) is 5.91 Å². The maximum absolute atomic E-state index is 11.5. The molecule has 1 aliphatic heterocycles. The number of fused-ring (bicyclic) bond motifs is 1. The first kappa shape index (κ1) is 13.2. The van der Waals surface area contributed by atoms with E-state index in [9.17, 15) is 4.79 Å². The van der Waals surface area contributed by atoms with E-state index in [1.807, 2.05) is 37.3 Å². The van der Waals surface area contributed by atoms with Gasteiger partial charge in [0.25, 0.3) is 0 Å². The van der Waals surface area contributed by atoms with Crippen LogP contribution in [0.5, 0.6) is 11.5 Å². The number of benzene rings is 1. The van der Waals surface area contributed by atoms with Gasteiger partial charge in [-0.25, -0.2) is 0 Å². The van der Waals surface area contributed by atoms with Crippen LogP contribution in [0.15, 0.2) is 48.6 Å². The summed E-state index contributed by atoms with van der Waals surface area (Å²) in [4.78, 5) is 11.5. The third-order valence-electron chi connectivity index (χ3n) is 2.62. The molecule has 0 aliphatic carbocycles. The van der Waals surface area contributed by atoms with Gasteiger partial charge in [-0.1, -0.05) is 30.4 Å². The van der Waals surface area contributed by atoms with Crippen molar-refractivity contribution in [3.63, 3.8) is 0 Å². The summed E-state index contributed by atoms with van der Waals surface area (Å²) in [5.41, 5.74) is 0. The smallest absolute Gasteiger partial charge is 0.244 e. The molecule has 1 heterocycles. The molecule has 0 radical (unpaired) electrons. The Morgan fingerprint density at radius 1 is 1.37 bits per heavy atom. The summed E-state index contributed by atoms with van der Waals surface area (Å²) in [5, 5.41) is 2.78. The van der Waals surface area contributed by atoms with Crippen LogP contribution in [0.2, 0.25) is 0 Å². The average molecular weight is 259 g/mol. The molecule has 100 valence electrons. The van der Waals surface area contributed by atoms with E-state index in [-0.39, 0.29) is 12.0 Å². The van der Waals surface area contributed by atoms with Gasteiger partial charge in [0.05, 0.1) is 6.54 Å². The van der Waals surface area contributed by atoms with Crippen LogP contribution in [-0.2, 0) is 4.79 Å². The van der Waals surface area contributed by atoms with Crippen LogP contribution in [0.25, 0.3) is 0 Å². The van der Waals surface area contributed by atoms with Crippen LogP contribution in [0.1, 0.15) is 6.92 Å². The van der Waals surface area contributed by atoms with Gasteiger partial charge in [0.15, 0.2) is 11.5 Å². The Hall–Kier alpha value is -2.23. The van der Waals surface area contributed by atoms with Crippen molar-refractivity contribution < 1.29 is 14.3 Å². The lowest BCUT2D eigenvalue weighted by atomic mass is 10.2. The Labute approximate surface area is 112 Å². The number of carbonyl (C=O) groups is 1. The Bertz CT molecular complexity index is 494. The van der Waals surface area contributed by atoms with Crippen molar-refractivity contribution in [2.45, 2.75) is 13.0 Å². The number of hydrogen-bond acceptors (Lipinski definition) is 3. The molecular weight excluding hydrogens is 242 g/mol. The van der Waals surface area contributed by atoms with Crippen LogP contribution >= 0.6 is 0 Å². The lowest BCUT2D eigenvalue weighted by molar-refractivity contribution is -0.117. The van der Waals surface area contributed by atoms with E-state index in [2.05, 4.69) is 5.32 Å². The monoisotopic (exact) mass is 259 g/mol. The predicted molar refractivity (Wildman–Crippen MR) is 73.3 cm³/mol. The number of carbonyl (C=O) groups excluding carboxylic acids is 1. The third kappa shape index (κ3) is 3.88. The van der Waals surface area contributed by atoms with E-state index in [1.54, 1.807) is 12.2 Å². The molecule has 0 fully saturated rings. The summed E-state index contributed by atoms with van der Waals surface area (Å²) in [7, 11) is 0. The molecule has 4 heteroatoms. The van der Waals surface area contributed by atoms with E-state index in [4.69, 9.17) is 9.47 Å². The van der Waals surface area contributed by atoms with Gasteiger partial charge in [-0.2, -0.15) is 0 Å². The molecule has 1 atom stereocenters. The maximum Gasteiger partial charge on any atom is 0.244 e. The molecule has 1 aliphatic rings. The molecule has 1 amide bonds. The van der Waals surface area contributed by atoms with Crippen molar-refractivity contribution in [3.05, 3.63) is 48.6 Å². The summed E-state index contributed by atoms with van der Waals surface area (Å²) >= 11 is 0. The Balaban J connectivity index is 1.81. The van der Waals surface area contributed by atoms with Crippen LogP contribution < -0.4 is 14.8 Å². The highest BCUT2D eigenvalue weighted by Crippen LogP contribution is 2.30. The lowest BCUT2D eigenvalue weighted by Crippen LogP contribution is -2.40. The highest BCUT2D eigenvalue weighted by molar-refractivity contribution is 5.87. The quantitative estimate of drug-likeness (QED) is 0.665. The van der Waals surface area contributed by atoms with Gasteiger partial charge in [0.1, 0.15) is 12.7 Å². The van der Waals surface area contributed by atoms with Crippen LogP contribution in [0.3, 0.4) is 0 Å². The summed E-state index contributed by atoms with van der Waals surface area (Å²) in [6.45, 7) is 2.76. The van der Waals surface area contributed by atoms with Gasteiger partial charge >= 0.3 is 0 Å². The number of ether oxygens (including phenoxy) is 2. The summed E-state index contributed by atoms with van der Waals surface area (Å²) in [5.74, 6) is 1.33. The molecule has 1 aromatic carbocycles. The zero-order valence-electron chi connectivity index (χ0n) is 10.8. The highest BCUT2D eigenvalue weighted by atomic mass is 16.6. The number of nitrogens with one attached hydrogen (secondary N) is 1. The highest BCUT2D eigenvalue weighted by Gasteiger charge is 2.20. The molecular formula is C15H17NO3. The topological polar surface area (TPSA) is 47.6 Å². The molecule has 1 aromatic rings. The van der Waals surface area contributed by atoms with Crippen molar-refractivity contribution in [1.82, 2.24) is 5.32 Å². The number of para-hydroxylation sites is 2. The molecule has 0 spiro atoms. The van der Waals surface area contributed by atoms with Crippen molar-refractivity contribution in [2.75, 3.05) is 13.2 Å². The Morgan fingerprint density at radius 2 is 2.16 bits per heavy atom. The zero-order valence-corrected chi connectivity index (χ0v) is 10.8. The average Bonchev–Trinajstić information content (AvgIpc) is 2.45. The second-order valence-corrected chi connectivity index (χ2v) is 4.13. The van der Waals surface area contributed by atoms with E-state index >= 15 is 0 Å². The standard InChI is InChI=1S/C15H17NO3/c1-2-3-4-9-15(17)16-10-12-11-18-13-7-5-6-8-14(13)19-12/h2-9,12H,10-11H2,1H3,(H,16,17)/b3-2+,9-4+. The van der Waals surface area contributed by atoms with Crippen LogP contribution in [0.4, 0.5) is 0 Å². The van der Waals surface area contributed by atoms with E-state index in [0.29, 0.717) is 13.2 Å². The first-order valence-corrected chi connectivity index (χ1v) is 6.25. The fourth-order valence-electron chi connectivity index (χ4n) is 1.69. The van der Waals surface area contributed by atoms with E-state index in [0.717, 1.165) is 11.5 Å². The molecule has 0 aromatic heterocycles. The molecule has 1 N–H and O–H groups in total. The lowest BCUT2D eigenvalue weighted by Gasteiger charge is -2.26. The largest absolute Gasteiger partial charge is 0.486 e. The molecule has 19 heavy (non-hydrogen) atoms. The SMILES string of the molecule is C/C=C/C=C/C(=O)NCC1COc2ccccc2O1. The molecule has 0 saturated heterocycles. The number of rotatable bonds is 4. The van der Waals surface area contributed by atoms with Gasteiger partial charge in [-0.05, 0) is 19.1 Å². The Kier molecular flexibility index (Phi) is 4.61. The van der Waals surface area contributed by atoms with E-state index < -0.39 is 0 Å². The summed E-state index contributed by atoms with van der Waals surface area (Å²) in [6, 6.07) is 7.51. The summed E-state index contributed by atoms with van der Waals surface area (Å²) < 4.78 is 11.3. The fourth-order valence-corrected chi connectivity index (χ4v) is 1.69. The zero-order chi connectivity index (χ0) is 13.5. The Morgan fingerprint density at radius 3 is 2.95 bits per heavy atom. The predicted octanol–water partition coefficient (Wildman–Crippen LogP) is 2.07. The normalized spacial score (nSPS) is 17.8. The third-order valence-corrected chi connectivity index (χ3v) is 2.62. The van der Waals surface area contributed by atoms with Gasteiger partial charge in [0, 0.05) is 6.08 Å². The van der Waals surface area contributed by atoms with Crippen molar-refractivity contribution >= 4 is 5.91 Å². The van der Waals surface area contributed by atoms with Crippen molar-refractivity contribution in [3.8, 4) is 11.5 Å². The number of hydrogen-bond donors (Lipinski definition) is 1. The van der Waals surface area contributed by atoms with Crippen LogP contribution in [0, 0.1) is 0 Å². The van der Waals surface area contributed by atoms with Crippen molar-refractivity contribution in [1.29, 1.82) is 0 Å². The summed E-state index contributed by atoms with van der Waals surface area (Å²) in [6.07, 6.45) is 6.68. The van der Waals surface area contributed by atoms with Crippen LogP contribution in [-0.4, -0.2) is 25.2 Å². The van der Waals surface area contributed by atoms with Gasteiger partial charge in [-0.15, -0.1) is 0 Å². The second kappa shape index (κ2) is 6.64. The van der Waals surface area contributed by atoms with Crippen molar-refractivity contribution in [2.24, 2.45) is 0 Å². The molecule has 0 bridgehead atoms. The first-order chi connectivity index (χ1) is 9.29. The molecule has 0 saturated carbocycles. The minimum atomic E-state index is -0.158. The van der Waals surface area contributed by atoms with Gasteiger partial charge < -0.3 is 14.8 Å². The first-order valence-electron chi connectivity index (χ1n) is 6.25. The maximum atomic E-state index is 11.5. The minimum absolute atomic E-state index is 0.138. The minimum Gasteiger partial charge on any atom is -0.486 e. The second-order valence-electron chi connectivity index (χ2n) is 4.13. The molecule has 1 unspecified atom stereocenters. The fraction of sp³-hybridized carbons (Fsp3) is 0.267. The van der Waals surface area contributed by atoms with E-state index in [1.165, 1.54) is 6.08 Å².